The van der Waals surface area contributed by atoms with Crippen LogP contribution < -0.4 is 5.32 Å². The molecule has 0 radical (unpaired) electrons. The summed E-state index contributed by atoms with van der Waals surface area (Å²) in [5.41, 5.74) is -0.0906. The highest BCUT2D eigenvalue weighted by molar-refractivity contribution is 5.98. The number of rotatable bonds is 5. The molecule has 0 saturated carbocycles. The molecule has 7 nitrogen and oxygen atoms in total. The summed E-state index contributed by atoms with van der Waals surface area (Å²) in [6, 6.07) is 2.41. The summed E-state index contributed by atoms with van der Waals surface area (Å²) in [4.78, 5) is 28.1. The van der Waals surface area contributed by atoms with E-state index < -0.39 is 12.0 Å². The van der Waals surface area contributed by atoms with Gasteiger partial charge in [0.2, 0.25) is 0 Å². The van der Waals surface area contributed by atoms with Gasteiger partial charge in [-0.25, -0.2) is 14.6 Å². The third-order valence-electron chi connectivity index (χ3n) is 2.48. The molecule has 1 aromatic rings. The molecular formula is C12H17N3O4. The molecule has 0 aliphatic heterocycles. The van der Waals surface area contributed by atoms with E-state index in [2.05, 4.69) is 10.3 Å². The van der Waals surface area contributed by atoms with Crippen molar-refractivity contribution in [2.75, 3.05) is 18.5 Å². The van der Waals surface area contributed by atoms with Crippen molar-refractivity contribution in [1.82, 2.24) is 9.88 Å². The molecule has 1 aromatic heterocycles. The maximum Gasteiger partial charge on any atom is 0.356 e. The smallest absolute Gasteiger partial charge is 0.356 e. The van der Waals surface area contributed by atoms with Crippen LogP contribution in [0.5, 0.6) is 0 Å². The van der Waals surface area contributed by atoms with Gasteiger partial charge in [-0.3, -0.25) is 0 Å². The lowest BCUT2D eigenvalue weighted by Gasteiger charge is -2.26. The van der Waals surface area contributed by atoms with E-state index in [-0.39, 0.29) is 30.6 Å². The Morgan fingerprint density at radius 2 is 2.16 bits per heavy atom. The first-order chi connectivity index (χ1) is 8.97. The zero-order valence-electron chi connectivity index (χ0n) is 10.8. The van der Waals surface area contributed by atoms with Gasteiger partial charge in [-0.15, -0.1) is 0 Å². The van der Waals surface area contributed by atoms with Crippen molar-refractivity contribution in [3.63, 3.8) is 0 Å². The lowest BCUT2D eigenvalue weighted by Crippen LogP contribution is -2.42. The van der Waals surface area contributed by atoms with Crippen molar-refractivity contribution in [2.24, 2.45) is 0 Å². The topological polar surface area (TPSA) is 103 Å². The number of aromatic carboxylic acids is 1. The standard InChI is InChI=1S/C12H17N3O4/c1-8(2)15(6-7-16)12(19)14-9-4-3-5-13-10(9)11(17)18/h3-5,8,16H,6-7H2,1-2H3,(H,14,19)(H,17,18). The molecular weight excluding hydrogens is 250 g/mol. The average Bonchev–Trinajstić information content (AvgIpc) is 2.35. The van der Waals surface area contributed by atoms with Crippen LogP contribution in [0.3, 0.4) is 0 Å². The highest BCUT2D eigenvalue weighted by atomic mass is 16.4. The van der Waals surface area contributed by atoms with Crippen molar-refractivity contribution in [3.8, 4) is 0 Å². The normalized spacial score (nSPS) is 10.3. The number of aromatic nitrogens is 1. The fraction of sp³-hybridized carbons (Fsp3) is 0.417. The Morgan fingerprint density at radius 1 is 1.47 bits per heavy atom. The van der Waals surface area contributed by atoms with Gasteiger partial charge in [0.25, 0.3) is 0 Å². The molecule has 19 heavy (non-hydrogen) atoms. The molecule has 3 N–H and O–H groups in total. The van der Waals surface area contributed by atoms with E-state index in [1.165, 1.54) is 23.2 Å². The van der Waals surface area contributed by atoms with E-state index >= 15 is 0 Å². The van der Waals surface area contributed by atoms with Gasteiger partial charge in [0.15, 0.2) is 5.69 Å². The minimum absolute atomic E-state index is 0.114. The van der Waals surface area contributed by atoms with Crippen LogP contribution in [0.15, 0.2) is 18.3 Å². The number of pyridine rings is 1. The highest BCUT2D eigenvalue weighted by Crippen LogP contribution is 2.13. The second-order valence-corrected chi connectivity index (χ2v) is 4.15. The van der Waals surface area contributed by atoms with Crippen molar-refractivity contribution >= 4 is 17.7 Å². The average molecular weight is 267 g/mol. The molecule has 0 aliphatic carbocycles. The van der Waals surface area contributed by atoms with Crippen molar-refractivity contribution in [3.05, 3.63) is 24.0 Å². The lowest BCUT2D eigenvalue weighted by molar-refractivity contribution is 0.0691. The number of aliphatic hydroxyl groups excluding tert-OH is 1. The molecule has 0 saturated heterocycles. The number of amides is 2. The summed E-state index contributed by atoms with van der Waals surface area (Å²) in [6.45, 7) is 3.61. The largest absolute Gasteiger partial charge is 0.476 e. The number of nitrogens with one attached hydrogen (secondary N) is 1. The zero-order chi connectivity index (χ0) is 14.4. The van der Waals surface area contributed by atoms with E-state index in [4.69, 9.17) is 10.2 Å². The molecule has 1 heterocycles. The monoisotopic (exact) mass is 267 g/mol. The molecule has 0 atom stereocenters. The molecule has 0 fully saturated rings. The maximum atomic E-state index is 12.0. The second-order valence-electron chi connectivity index (χ2n) is 4.15. The predicted molar refractivity (Wildman–Crippen MR) is 69.1 cm³/mol. The fourth-order valence-electron chi connectivity index (χ4n) is 1.57. The quantitative estimate of drug-likeness (QED) is 0.739. The van der Waals surface area contributed by atoms with Crippen LogP contribution in [-0.4, -0.2) is 51.3 Å². The third-order valence-corrected chi connectivity index (χ3v) is 2.48. The van der Waals surface area contributed by atoms with Crippen LogP contribution in [0, 0.1) is 0 Å². The first-order valence-corrected chi connectivity index (χ1v) is 5.84. The van der Waals surface area contributed by atoms with Gasteiger partial charge in [0.05, 0.1) is 12.3 Å². The number of aliphatic hydroxyl groups is 1. The Morgan fingerprint density at radius 3 is 2.68 bits per heavy atom. The molecule has 7 heteroatoms. The molecule has 0 bridgehead atoms. The first-order valence-electron chi connectivity index (χ1n) is 5.84. The lowest BCUT2D eigenvalue weighted by atomic mass is 10.3. The molecule has 1 rings (SSSR count). The number of carboxylic acid groups (broad SMARTS) is 1. The zero-order valence-corrected chi connectivity index (χ0v) is 10.8. The number of hydrogen-bond donors (Lipinski definition) is 3. The van der Waals surface area contributed by atoms with Crippen molar-refractivity contribution in [1.29, 1.82) is 0 Å². The fourth-order valence-corrected chi connectivity index (χ4v) is 1.57. The van der Waals surface area contributed by atoms with Gasteiger partial charge in [0.1, 0.15) is 0 Å². The number of carbonyl (C=O) groups excluding carboxylic acids is 1. The number of hydrogen-bond acceptors (Lipinski definition) is 4. The number of anilines is 1. The van der Waals surface area contributed by atoms with Crippen LogP contribution in [0.1, 0.15) is 24.3 Å². The summed E-state index contributed by atoms with van der Waals surface area (Å²) < 4.78 is 0. The Kier molecular flexibility index (Phi) is 5.25. The van der Waals surface area contributed by atoms with Gasteiger partial charge in [-0.1, -0.05) is 0 Å². The summed E-state index contributed by atoms with van der Waals surface area (Å²) in [6.07, 6.45) is 1.34. The van der Waals surface area contributed by atoms with Gasteiger partial charge < -0.3 is 20.4 Å². The molecule has 2 amide bonds. The van der Waals surface area contributed by atoms with Gasteiger partial charge in [0, 0.05) is 18.8 Å². The maximum absolute atomic E-state index is 12.0. The highest BCUT2D eigenvalue weighted by Gasteiger charge is 2.19. The van der Waals surface area contributed by atoms with Crippen LogP contribution in [0.4, 0.5) is 10.5 Å². The van der Waals surface area contributed by atoms with Gasteiger partial charge >= 0.3 is 12.0 Å². The Bertz CT molecular complexity index is 462. The van der Waals surface area contributed by atoms with E-state index in [1.807, 2.05) is 0 Å². The van der Waals surface area contributed by atoms with E-state index in [9.17, 15) is 9.59 Å². The molecule has 0 aromatic carbocycles. The Balaban J connectivity index is 2.89. The Hall–Kier alpha value is -2.15. The van der Waals surface area contributed by atoms with Gasteiger partial charge in [-0.05, 0) is 26.0 Å². The summed E-state index contributed by atoms with van der Waals surface area (Å²) in [5, 5.41) is 20.4. The van der Waals surface area contributed by atoms with Crippen LogP contribution in [0.25, 0.3) is 0 Å². The molecule has 104 valence electrons. The SMILES string of the molecule is CC(C)N(CCO)C(=O)Nc1cccnc1C(=O)O. The van der Waals surface area contributed by atoms with E-state index in [0.29, 0.717) is 0 Å². The van der Waals surface area contributed by atoms with Crippen molar-refractivity contribution in [2.45, 2.75) is 19.9 Å². The molecule has 0 spiro atoms. The first kappa shape index (κ1) is 14.9. The third kappa shape index (κ3) is 3.92. The van der Waals surface area contributed by atoms with Crippen LogP contribution in [-0.2, 0) is 0 Å². The Labute approximate surface area is 110 Å². The van der Waals surface area contributed by atoms with Gasteiger partial charge in [-0.2, -0.15) is 0 Å². The summed E-state index contributed by atoms with van der Waals surface area (Å²) >= 11 is 0. The predicted octanol–water partition coefficient (Wildman–Crippen LogP) is 1.01. The number of carboxylic acids is 1. The summed E-state index contributed by atoms with van der Waals surface area (Å²) in [7, 11) is 0. The van der Waals surface area contributed by atoms with E-state index in [0.717, 1.165) is 0 Å². The second kappa shape index (κ2) is 6.69. The number of urea groups is 1. The molecule has 0 unspecified atom stereocenters. The van der Waals surface area contributed by atoms with Crippen molar-refractivity contribution < 1.29 is 19.8 Å². The van der Waals surface area contributed by atoms with Crippen LogP contribution in [0.2, 0.25) is 0 Å². The van der Waals surface area contributed by atoms with E-state index in [1.54, 1.807) is 13.8 Å². The molecule has 0 aliphatic rings. The minimum Gasteiger partial charge on any atom is -0.476 e. The number of nitrogens with zero attached hydrogens (tertiary/aromatic N) is 2. The van der Waals surface area contributed by atoms with Crippen LogP contribution >= 0.6 is 0 Å². The number of carbonyl (C=O) groups is 2. The minimum atomic E-state index is -1.21. The summed E-state index contributed by atoms with van der Waals surface area (Å²) in [5.74, 6) is -1.21.